The first-order chi connectivity index (χ1) is 17.8. The van der Waals surface area contributed by atoms with E-state index in [1.54, 1.807) is 49.3 Å². The van der Waals surface area contributed by atoms with Crippen LogP contribution in [0.3, 0.4) is 0 Å². The number of rotatable bonds is 6. The summed E-state index contributed by atoms with van der Waals surface area (Å²) in [6.07, 6.45) is 5.47. The number of fused-ring (bicyclic) bond motifs is 1. The molecule has 37 heavy (non-hydrogen) atoms. The number of likely N-dealkylation sites (N-methyl/N-ethyl adjacent to an activating group) is 1. The van der Waals surface area contributed by atoms with E-state index in [4.69, 9.17) is 4.74 Å². The van der Waals surface area contributed by atoms with E-state index in [1.165, 1.54) is 23.5 Å². The van der Waals surface area contributed by atoms with Crippen molar-refractivity contribution in [3.8, 4) is 23.1 Å². The predicted octanol–water partition coefficient (Wildman–Crippen LogP) is 2.40. The number of aliphatic hydroxyl groups excluding tert-OH is 1. The molecular formula is C27H28N6O4. The summed E-state index contributed by atoms with van der Waals surface area (Å²) < 4.78 is 6.27. The van der Waals surface area contributed by atoms with Gasteiger partial charge in [0.25, 0.3) is 11.8 Å². The molecule has 10 heteroatoms. The Morgan fingerprint density at radius 2 is 2.08 bits per heavy atom. The maximum Gasteiger partial charge on any atom is 0.273 e. The van der Waals surface area contributed by atoms with Crippen molar-refractivity contribution in [2.45, 2.75) is 26.0 Å². The van der Waals surface area contributed by atoms with Crippen molar-refractivity contribution >= 4 is 11.8 Å². The number of carbonyl (C=O) groups is 2. The van der Waals surface area contributed by atoms with Gasteiger partial charge in [-0.3, -0.25) is 14.6 Å². The first-order valence-electron chi connectivity index (χ1n) is 11.9. The molecule has 3 aromatic rings. The SMILES string of the molecule is C[C@H]1CN([C@@H](C)CO)C(=O)c2cc(-c3cccc(C#N)c3)cnc2O[C@H]1CN(C)C(=O)c1cnccn1. The Kier molecular flexibility index (Phi) is 7.74. The molecule has 1 N–H and O–H groups in total. The van der Waals surface area contributed by atoms with Crippen molar-refractivity contribution in [1.29, 1.82) is 5.26 Å². The molecule has 0 unspecified atom stereocenters. The second-order valence-corrected chi connectivity index (χ2v) is 9.17. The fraction of sp³-hybridized carbons (Fsp3) is 0.333. The average molecular weight is 501 g/mol. The number of carbonyl (C=O) groups excluding carboxylic acids is 2. The number of pyridine rings is 1. The molecule has 1 aromatic carbocycles. The number of hydrogen-bond acceptors (Lipinski definition) is 8. The van der Waals surface area contributed by atoms with Crippen LogP contribution in [-0.2, 0) is 0 Å². The zero-order chi connectivity index (χ0) is 26.5. The van der Waals surface area contributed by atoms with Gasteiger partial charge in [-0.05, 0) is 30.7 Å². The molecule has 0 radical (unpaired) electrons. The van der Waals surface area contributed by atoms with Gasteiger partial charge in [0.2, 0.25) is 5.88 Å². The molecule has 0 fully saturated rings. The van der Waals surface area contributed by atoms with Gasteiger partial charge in [-0.25, -0.2) is 9.97 Å². The number of nitrogens with zero attached hydrogens (tertiary/aromatic N) is 6. The van der Waals surface area contributed by atoms with E-state index in [0.29, 0.717) is 17.7 Å². The minimum absolute atomic E-state index is 0.150. The van der Waals surface area contributed by atoms with E-state index in [9.17, 15) is 20.0 Å². The highest BCUT2D eigenvalue weighted by molar-refractivity contribution is 5.98. The van der Waals surface area contributed by atoms with Crippen LogP contribution in [0.15, 0.2) is 55.1 Å². The monoisotopic (exact) mass is 500 g/mol. The Hall–Kier alpha value is -4.36. The zero-order valence-corrected chi connectivity index (χ0v) is 20.9. The Morgan fingerprint density at radius 3 is 2.78 bits per heavy atom. The molecule has 10 nitrogen and oxygen atoms in total. The highest BCUT2D eigenvalue weighted by atomic mass is 16.5. The second-order valence-electron chi connectivity index (χ2n) is 9.17. The number of ether oxygens (including phenoxy) is 1. The lowest BCUT2D eigenvalue weighted by Crippen LogP contribution is -2.50. The van der Waals surface area contributed by atoms with Gasteiger partial charge in [-0.2, -0.15) is 5.26 Å². The van der Waals surface area contributed by atoms with Crippen LogP contribution < -0.4 is 4.74 Å². The van der Waals surface area contributed by atoms with E-state index >= 15 is 0 Å². The van der Waals surface area contributed by atoms with Crippen LogP contribution in [-0.4, -0.2) is 80.6 Å². The summed E-state index contributed by atoms with van der Waals surface area (Å²) in [7, 11) is 1.66. The lowest BCUT2D eigenvalue weighted by molar-refractivity contribution is 0.0312. The number of aromatic nitrogens is 3. The van der Waals surface area contributed by atoms with Crippen molar-refractivity contribution in [3.05, 3.63) is 71.9 Å². The number of aliphatic hydroxyl groups is 1. The van der Waals surface area contributed by atoms with Gasteiger partial charge in [-0.15, -0.1) is 0 Å². The first-order valence-corrected chi connectivity index (χ1v) is 11.9. The van der Waals surface area contributed by atoms with Gasteiger partial charge >= 0.3 is 0 Å². The molecular weight excluding hydrogens is 472 g/mol. The van der Waals surface area contributed by atoms with Crippen LogP contribution in [0.1, 0.15) is 40.3 Å². The van der Waals surface area contributed by atoms with Crippen LogP contribution in [0.25, 0.3) is 11.1 Å². The van der Waals surface area contributed by atoms with E-state index < -0.39 is 12.1 Å². The largest absolute Gasteiger partial charge is 0.472 e. The van der Waals surface area contributed by atoms with Crippen LogP contribution in [0.4, 0.5) is 0 Å². The van der Waals surface area contributed by atoms with E-state index in [2.05, 4.69) is 21.0 Å². The summed E-state index contributed by atoms with van der Waals surface area (Å²) in [6, 6.07) is 10.4. The molecule has 3 heterocycles. The third kappa shape index (κ3) is 5.57. The number of hydrogen-bond donors (Lipinski definition) is 1. The summed E-state index contributed by atoms with van der Waals surface area (Å²) in [6.45, 7) is 4.04. The molecule has 0 spiro atoms. The fourth-order valence-electron chi connectivity index (χ4n) is 4.20. The van der Waals surface area contributed by atoms with Gasteiger partial charge in [0.1, 0.15) is 17.4 Å². The molecule has 2 aromatic heterocycles. The molecule has 0 saturated carbocycles. The van der Waals surface area contributed by atoms with Crippen molar-refractivity contribution in [1.82, 2.24) is 24.8 Å². The third-order valence-corrected chi connectivity index (χ3v) is 6.43. The van der Waals surface area contributed by atoms with E-state index in [0.717, 1.165) is 5.56 Å². The van der Waals surface area contributed by atoms with Crippen molar-refractivity contribution in [2.75, 3.05) is 26.7 Å². The number of nitriles is 1. The molecule has 0 bridgehead atoms. The van der Waals surface area contributed by atoms with Gasteiger partial charge in [0.05, 0.1) is 37.0 Å². The molecule has 3 atom stereocenters. The standard InChI is InChI=1S/C27H28N6O4/c1-17-14-33(18(2)16-34)26(35)22-10-21(20-6-4-5-19(9-20)11-28)12-31-25(22)37-24(17)15-32(3)27(36)23-13-29-7-8-30-23/h4-10,12-13,17-18,24,34H,14-16H2,1-3H3/t17-,18-,24-/m0/s1. The maximum absolute atomic E-state index is 13.6. The summed E-state index contributed by atoms with van der Waals surface area (Å²) >= 11 is 0. The summed E-state index contributed by atoms with van der Waals surface area (Å²) in [5.41, 5.74) is 2.36. The van der Waals surface area contributed by atoms with E-state index in [-0.39, 0.29) is 48.0 Å². The fourth-order valence-corrected chi connectivity index (χ4v) is 4.20. The van der Waals surface area contributed by atoms with Crippen LogP contribution in [0.2, 0.25) is 0 Å². The summed E-state index contributed by atoms with van der Waals surface area (Å²) in [5, 5.41) is 19.1. The molecule has 2 amide bonds. The summed E-state index contributed by atoms with van der Waals surface area (Å²) in [5.74, 6) is -0.644. The Morgan fingerprint density at radius 1 is 1.27 bits per heavy atom. The second kappa shape index (κ2) is 11.1. The minimum Gasteiger partial charge on any atom is -0.472 e. The number of benzene rings is 1. The molecule has 1 aliphatic heterocycles. The lowest BCUT2D eigenvalue weighted by Gasteiger charge is -2.37. The van der Waals surface area contributed by atoms with Gasteiger partial charge in [0.15, 0.2) is 0 Å². The average Bonchev–Trinajstić information content (AvgIpc) is 2.94. The maximum atomic E-state index is 13.6. The van der Waals surface area contributed by atoms with Gasteiger partial charge < -0.3 is 19.6 Å². The molecule has 1 aliphatic rings. The Bertz CT molecular complexity index is 1330. The van der Waals surface area contributed by atoms with Crippen LogP contribution in [0, 0.1) is 17.2 Å². The molecule has 0 aliphatic carbocycles. The molecule has 0 saturated heterocycles. The highest BCUT2D eigenvalue weighted by Crippen LogP contribution is 2.30. The quantitative estimate of drug-likeness (QED) is 0.546. The molecule has 190 valence electrons. The van der Waals surface area contributed by atoms with Gasteiger partial charge in [0, 0.05) is 43.7 Å². The van der Waals surface area contributed by atoms with Crippen LogP contribution >= 0.6 is 0 Å². The first kappa shape index (κ1) is 25.7. The van der Waals surface area contributed by atoms with Crippen LogP contribution in [0.5, 0.6) is 5.88 Å². The normalized spacial score (nSPS) is 18.0. The topological polar surface area (TPSA) is 133 Å². The zero-order valence-electron chi connectivity index (χ0n) is 20.9. The lowest BCUT2D eigenvalue weighted by atomic mass is 9.98. The predicted molar refractivity (Wildman–Crippen MR) is 135 cm³/mol. The third-order valence-electron chi connectivity index (χ3n) is 6.43. The smallest absolute Gasteiger partial charge is 0.273 e. The van der Waals surface area contributed by atoms with Crippen molar-refractivity contribution < 1.29 is 19.4 Å². The van der Waals surface area contributed by atoms with E-state index in [1.807, 2.05) is 13.0 Å². The van der Waals surface area contributed by atoms with Crippen molar-refractivity contribution in [2.24, 2.45) is 5.92 Å². The minimum atomic E-state index is -0.494. The summed E-state index contributed by atoms with van der Waals surface area (Å²) in [4.78, 5) is 42.1. The van der Waals surface area contributed by atoms with Gasteiger partial charge in [-0.1, -0.05) is 19.1 Å². The highest BCUT2D eigenvalue weighted by Gasteiger charge is 2.35. The molecule has 4 rings (SSSR count). The Balaban J connectivity index is 1.70. The number of amides is 2. The van der Waals surface area contributed by atoms with Crippen molar-refractivity contribution in [3.63, 3.8) is 0 Å². The Labute approximate surface area is 215 Å².